The minimum absolute atomic E-state index is 0.00954. The van der Waals surface area contributed by atoms with Crippen LogP contribution in [0.2, 0.25) is 0 Å². The van der Waals surface area contributed by atoms with Gasteiger partial charge in [-0.3, -0.25) is 4.79 Å². The van der Waals surface area contributed by atoms with Crippen LogP contribution in [0.15, 0.2) is 0 Å². The minimum atomic E-state index is -0.378. The van der Waals surface area contributed by atoms with Gasteiger partial charge in [-0.1, -0.05) is 19.3 Å². The molecule has 0 aromatic carbocycles. The van der Waals surface area contributed by atoms with Gasteiger partial charge in [-0.25, -0.2) is 0 Å². The van der Waals surface area contributed by atoms with Crippen LogP contribution in [0.4, 0.5) is 0 Å². The standard InChI is InChI=1S/C12H19N3O/c13-8-10-6-7-15(10)12(16)11(14)9-4-2-1-3-5-9/h9-11H,1-7,14H2/t10-,11-/m0/s1. The maximum Gasteiger partial charge on any atom is 0.240 e. The summed E-state index contributed by atoms with van der Waals surface area (Å²) in [5.41, 5.74) is 6.02. The maximum absolute atomic E-state index is 12.0. The van der Waals surface area contributed by atoms with Gasteiger partial charge in [0.05, 0.1) is 12.1 Å². The Morgan fingerprint density at radius 3 is 2.50 bits per heavy atom. The molecule has 1 aliphatic carbocycles. The predicted octanol–water partition coefficient (Wildman–Crippen LogP) is 1.02. The highest BCUT2D eigenvalue weighted by molar-refractivity contribution is 5.83. The number of nitrogens with zero attached hydrogens (tertiary/aromatic N) is 2. The molecule has 1 saturated carbocycles. The van der Waals surface area contributed by atoms with E-state index in [1.807, 2.05) is 0 Å². The molecule has 1 amide bonds. The summed E-state index contributed by atoms with van der Waals surface area (Å²) in [6, 6.07) is 1.54. The molecule has 0 spiro atoms. The molecule has 0 aromatic heterocycles. The van der Waals surface area contributed by atoms with Gasteiger partial charge in [0.25, 0.3) is 0 Å². The van der Waals surface area contributed by atoms with Gasteiger partial charge < -0.3 is 10.6 Å². The monoisotopic (exact) mass is 221 g/mol. The van der Waals surface area contributed by atoms with Crippen molar-refractivity contribution in [1.82, 2.24) is 4.90 Å². The van der Waals surface area contributed by atoms with E-state index in [1.54, 1.807) is 4.90 Å². The lowest BCUT2D eigenvalue weighted by Crippen LogP contribution is -2.57. The average molecular weight is 221 g/mol. The van der Waals surface area contributed by atoms with Crippen LogP contribution >= 0.6 is 0 Å². The van der Waals surface area contributed by atoms with E-state index in [1.165, 1.54) is 19.3 Å². The van der Waals surface area contributed by atoms with Crippen molar-refractivity contribution in [1.29, 1.82) is 5.26 Å². The molecule has 16 heavy (non-hydrogen) atoms. The zero-order valence-electron chi connectivity index (χ0n) is 9.56. The highest BCUT2D eigenvalue weighted by atomic mass is 16.2. The first-order chi connectivity index (χ1) is 7.74. The Kier molecular flexibility index (Phi) is 3.45. The number of hydrogen-bond acceptors (Lipinski definition) is 3. The van der Waals surface area contributed by atoms with Crippen molar-refractivity contribution >= 4 is 5.91 Å². The van der Waals surface area contributed by atoms with Gasteiger partial charge in [0.1, 0.15) is 6.04 Å². The Balaban J connectivity index is 1.91. The van der Waals surface area contributed by atoms with Gasteiger partial charge in [0, 0.05) is 6.54 Å². The van der Waals surface area contributed by atoms with Crippen LogP contribution in [0.25, 0.3) is 0 Å². The Morgan fingerprint density at radius 2 is 2.00 bits per heavy atom. The predicted molar refractivity (Wildman–Crippen MR) is 60.3 cm³/mol. The lowest BCUT2D eigenvalue weighted by molar-refractivity contribution is -0.139. The second-order valence-electron chi connectivity index (χ2n) is 4.89. The van der Waals surface area contributed by atoms with Gasteiger partial charge in [-0.05, 0) is 25.2 Å². The summed E-state index contributed by atoms with van der Waals surface area (Å²) >= 11 is 0. The largest absolute Gasteiger partial charge is 0.325 e. The first kappa shape index (κ1) is 11.4. The third kappa shape index (κ3) is 2.05. The summed E-state index contributed by atoms with van der Waals surface area (Å²) < 4.78 is 0. The number of carbonyl (C=O) groups is 1. The van der Waals surface area contributed by atoms with Gasteiger partial charge >= 0.3 is 0 Å². The van der Waals surface area contributed by atoms with Crippen LogP contribution in [-0.2, 0) is 4.79 Å². The third-order valence-electron chi connectivity index (χ3n) is 3.89. The summed E-state index contributed by atoms with van der Waals surface area (Å²) in [5, 5.41) is 8.81. The molecule has 4 heteroatoms. The number of amides is 1. The fourth-order valence-electron chi connectivity index (χ4n) is 2.67. The van der Waals surface area contributed by atoms with Crippen LogP contribution in [0.1, 0.15) is 38.5 Å². The Hall–Kier alpha value is -1.08. The van der Waals surface area contributed by atoms with E-state index in [4.69, 9.17) is 11.0 Å². The summed E-state index contributed by atoms with van der Waals surface area (Å²) in [6.45, 7) is 0.706. The summed E-state index contributed by atoms with van der Waals surface area (Å²) in [7, 11) is 0. The van der Waals surface area contributed by atoms with Crippen molar-refractivity contribution in [3.05, 3.63) is 0 Å². The van der Waals surface area contributed by atoms with Crippen LogP contribution < -0.4 is 5.73 Å². The molecule has 2 fully saturated rings. The van der Waals surface area contributed by atoms with E-state index in [-0.39, 0.29) is 18.0 Å². The van der Waals surface area contributed by atoms with Crippen LogP contribution in [0.3, 0.4) is 0 Å². The number of likely N-dealkylation sites (tertiary alicyclic amines) is 1. The Morgan fingerprint density at radius 1 is 1.31 bits per heavy atom. The first-order valence-corrected chi connectivity index (χ1v) is 6.19. The van der Waals surface area contributed by atoms with Gasteiger partial charge in [-0.2, -0.15) is 5.26 Å². The van der Waals surface area contributed by atoms with E-state index >= 15 is 0 Å². The first-order valence-electron chi connectivity index (χ1n) is 6.19. The second kappa shape index (κ2) is 4.84. The van der Waals surface area contributed by atoms with Crippen molar-refractivity contribution < 1.29 is 4.79 Å². The topological polar surface area (TPSA) is 70.1 Å². The lowest BCUT2D eigenvalue weighted by atomic mass is 9.83. The highest BCUT2D eigenvalue weighted by Gasteiger charge is 2.37. The third-order valence-corrected chi connectivity index (χ3v) is 3.89. The Labute approximate surface area is 96.4 Å². The molecule has 1 heterocycles. The molecule has 2 N–H and O–H groups in total. The maximum atomic E-state index is 12.0. The van der Waals surface area contributed by atoms with Gasteiger partial charge in [-0.15, -0.1) is 0 Å². The van der Waals surface area contributed by atoms with Crippen molar-refractivity contribution in [3.63, 3.8) is 0 Å². The highest BCUT2D eigenvalue weighted by Crippen LogP contribution is 2.28. The van der Waals surface area contributed by atoms with E-state index in [2.05, 4.69) is 6.07 Å². The average Bonchev–Trinajstić information content (AvgIpc) is 2.28. The second-order valence-corrected chi connectivity index (χ2v) is 4.89. The zero-order valence-corrected chi connectivity index (χ0v) is 9.56. The molecular weight excluding hydrogens is 202 g/mol. The molecule has 1 saturated heterocycles. The molecule has 2 aliphatic rings. The number of carbonyl (C=O) groups excluding carboxylic acids is 1. The smallest absolute Gasteiger partial charge is 0.240 e. The molecule has 2 rings (SSSR count). The molecule has 0 bridgehead atoms. The van der Waals surface area contributed by atoms with Crippen molar-refractivity contribution in [2.24, 2.45) is 11.7 Å². The lowest BCUT2D eigenvalue weighted by Gasteiger charge is -2.39. The summed E-state index contributed by atoms with van der Waals surface area (Å²) in [6.07, 6.45) is 6.58. The SMILES string of the molecule is N#C[C@@H]1CCN1C(=O)[C@@H](N)C1CCCCC1. The van der Waals surface area contributed by atoms with E-state index in [0.717, 1.165) is 19.3 Å². The van der Waals surface area contributed by atoms with Crippen LogP contribution in [0, 0.1) is 17.2 Å². The Bertz CT molecular complexity index is 304. The number of rotatable bonds is 2. The fourth-order valence-corrected chi connectivity index (χ4v) is 2.67. The van der Waals surface area contributed by atoms with Crippen LogP contribution in [0.5, 0.6) is 0 Å². The molecule has 0 aromatic rings. The van der Waals surface area contributed by atoms with E-state index in [0.29, 0.717) is 12.5 Å². The normalized spacial score (nSPS) is 28.0. The van der Waals surface area contributed by atoms with Gasteiger partial charge in [0.2, 0.25) is 5.91 Å². The molecule has 0 radical (unpaired) electrons. The minimum Gasteiger partial charge on any atom is -0.325 e. The molecule has 4 nitrogen and oxygen atoms in total. The van der Waals surface area contributed by atoms with Crippen molar-refractivity contribution in [2.75, 3.05) is 6.54 Å². The number of nitrogens with two attached hydrogens (primary N) is 1. The zero-order chi connectivity index (χ0) is 11.5. The van der Waals surface area contributed by atoms with Crippen LogP contribution in [-0.4, -0.2) is 29.4 Å². The summed E-state index contributed by atoms with van der Waals surface area (Å²) in [4.78, 5) is 13.7. The molecule has 0 unspecified atom stereocenters. The van der Waals surface area contributed by atoms with Crippen molar-refractivity contribution in [3.8, 4) is 6.07 Å². The molecule has 88 valence electrons. The number of nitriles is 1. The van der Waals surface area contributed by atoms with E-state index in [9.17, 15) is 4.79 Å². The molecule has 2 atom stereocenters. The number of hydrogen-bond donors (Lipinski definition) is 1. The van der Waals surface area contributed by atoms with Crippen molar-refractivity contribution in [2.45, 2.75) is 50.6 Å². The van der Waals surface area contributed by atoms with E-state index < -0.39 is 0 Å². The van der Waals surface area contributed by atoms with Gasteiger partial charge in [0.15, 0.2) is 0 Å². The molecule has 1 aliphatic heterocycles. The summed E-state index contributed by atoms with van der Waals surface area (Å²) in [5.74, 6) is 0.325. The quantitative estimate of drug-likeness (QED) is 0.756. The molecular formula is C12H19N3O. The fraction of sp³-hybridized carbons (Fsp3) is 0.833.